The Morgan fingerprint density at radius 1 is 1.22 bits per heavy atom. The van der Waals surface area contributed by atoms with Crippen molar-refractivity contribution in [2.24, 2.45) is 0 Å². The minimum atomic E-state index is -0.777. The lowest BCUT2D eigenvalue weighted by Crippen LogP contribution is -2.39. The maximum Gasteiger partial charge on any atom is 0.0992 e. The highest BCUT2D eigenvalue weighted by Gasteiger charge is 2.25. The Morgan fingerprint density at radius 2 is 1.89 bits per heavy atom. The van der Waals surface area contributed by atoms with Crippen molar-refractivity contribution in [2.75, 3.05) is 6.54 Å². The molecule has 18 heavy (non-hydrogen) atoms. The van der Waals surface area contributed by atoms with Crippen LogP contribution in [-0.2, 0) is 5.60 Å². The number of hydrogen-bond acceptors (Lipinski definition) is 2. The van der Waals surface area contributed by atoms with E-state index in [0.29, 0.717) is 12.6 Å². The summed E-state index contributed by atoms with van der Waals surface area (Å²) in [6.45, 7) is 6.74. The van der Waals surface area contributed by atoms with E-state index in [9.17, 15) is 5.11 Å². The lowest BCUT2D eigenvalue weighted by molar-refractivity contribution is 0.0539. The van der Waals surface area contributed by atoms with Gasteiger partial charge in [-0.25, -0.2) is 0 Å². The fraction of sp³-hybridized carbons (Fsp3) is 0.625. The van der Waals surface area contributed by atoms with Crippen molar-refractivity contribution >= 4 is 0 Å². The maximum atomic E-state index is 10.6. The fourth-order valence-electron chi connectivity index (χ4n) is 2.65. The molecule has 0 heterocycles. The van der Waals surface area contributed by atoms with Crippen molar-refractivity contribution < 1.29 is 5.11 Å². The van der Waals surface area contributed by atoms with E-state index in [1.807, 2.05) is 13.0 Å². The molecule has 1 atom stereocenters. The number of nitrogens with one attached hydrogen (secondary N) is 1. The van der Waals surface area contributed by atoms with Gasteiger partial charge in [0, 0.05) is 12.6 Å². The first-order valence-electron chi connectivity index (χ1n) is 7.02. The van der Waals surface area contributed by atoms with Crippen LogP contribution in [0.4, 0.5) is 0 Å². The van der Waals surface area contributed by atoms with E-state index in [-0.39, 0.29) is 0 Å². The van der Waals surface area contributed by atoms with Gasteiger partial charge in [-0.05, 0) is 50.3 Å². The van der Waals surface area contributed by atoms with Gasteiger partial charge in [0.05, 0.1) is 5.60 Å². The molecule has 1 unspecified atom stereocenters. The van der Waals surface area contributed by atoms with Crippen LogP contribution in [0.25, 0.3) is 0 Å². The highest BCUT2D eigenvalue weighted by atomic mass is 16.3. The Hall–Kier alpha value is -0.860. The van der Waals surface area contributed by atoms with Crippen molar-refractivity contribution in [3.63, 3.8) is 0 Å². The highest BCUT2D eigenvalue weighted by molar-refractivity contribution is 5.33. The number of hydrogen-bond donors (Lipinski definition) is 2. The molecule has 2 rings (SSSR count). The topological polar surface area (TPSA) is 32.3 Å². The third kappa shape index (κ3) is 3.12. The first-order chi connectivity index (χ1) is 8.49. The van der Waals surface area contributed by atoms with Crippen molar-refractivity contribution in [1.82, 2.24) is 5.32 Å². The SMILES string of the molecule is Cc1ccc(C(C)(O)CNC2CCCC2)cc1C. The normalized spacial score (nSPS) is 20.0. The van der Waals surface area contributed by atoms with Gasteiger partial charge < -0.3 is 10.4 Å². The van der Waals surface area contributed by atoms with E-state index in [4.69, 9.17) is 0 Å². The molecule has 100 valence electrons. The molecule has 0 spiro atoms. The molecule has 1 aromatic rings. The molecule has 2 N–H and O–H groups in total. The zero-order chi connectivity index (χ0) is 13.2. The molecule has 1 aliphatic carbocycles. The molecular weight excluding hydrogens is 222 g/mol. The van der Waals surface area contributed by atoms with E-state index >= 15 is 0 Å². The largest absolute Gasteiger partial charge is 0.384 e. The first kappa shape index (κ1) is 13.6. The molecule has 0 aliphatic heterocycles. The Kier molecular flexibility index (Phi) is 4.08. The van der Waals surface area contributed by atoms with Crippen LogP contribution >= 0.6 is 0 Å². The molecule has 0 radical (unpaired) electrons. The van der Waals surface area contributed by atoms with Gasteiger partial charge in [0.25, 0.3) is 0 Å². The van der Waals surface area contributed by atoms with E-state index in [0.717, 1.165) is 5.56 Å². The lowest BCUT2D eigenvalue weighted by Gasteiger charge is -2.27. The standard InChI is InChI=1S/C16H25NO/c1-12-8-9-14(10-13(12)2)16(3,18)11-17-15-6-4-5-7-15/h8-10,15,17-18H,4-7,11H2,1-3H3. The molecule has 1 saturated carbocycles. The smallest absolute Gasteiger partial charge is 0.0992 e. The average Bonchev–Trinajstić information content (AvgIpc) is 2.83. The third-order valence-electron chi connectivity index (χ3n) is 4.22. The second-order valence-corrected chi connectivity index (χ2v) is 5.94. The summed E-state index contributed by atoms with van der Waals surface area (Å²) in [6.07, 6.45) is 5.15. The van der Waals surface area contributed by atoms with Crippen LogP contribution in [0, 0.1) is 13.8 Å². The van der Waals surface area contributed by atoms with Gasteiger partial charge in [0.1, 0.15) is 0 Å². The minimum absolute atomic E-state index is 0.600. The predicted octanol–water partition coefficient (Wildman–Crippen LogP) is 3.04. The third-order valence-corrected chi connectivity index (χ3v) is 4.22. The van der Waals surface area contributed by atoms with Crippen molar-refractivity contribution in [1.29, 1.82) is 0 Å². The summed E-state index contributed by atoms with van der Waals surface area (Å²) in [5.41, 5.74) is 2.75. The number of aliphatic hydroxyl groups is 1. The molecule has 0 aromatic heterocycles. The van der Waals surface area contributed by atoms with Crippen molar-refractivity contribution in [3.05, 3.63) is 34.9 Å². The quantitative estimate of drug-likeness (QED) is 0.857. The van der Waals surface area contributed by atoms with Crippen LogP contribution < -0.4 is 5.32 Å². The second-order valence-electron chi connectivity index (χ2n) is 5.94. The molecule has 2 heteroatoms. The van der Waals surface area contributed by atoms with Gasteiger partial charge in [0.2, 0.25) is 0 Å². The van der Waals surface area contributed by atoms with Crippen molar-refractivity contribution in [3.8, 4) is 0 Å². The Morgan fingerprint density at radius 3 is 2.50 bits per heavy atom. The Bertz CT molecular complexity index is 406. The molecule has 1 aliphatic rings. The maximum absolute atomic E-state index is 10.6. The summed E-state index contributed by atoms with van der Waals surface area (Å²) in [5, 5.41) is 14.1. The molecule has 0 amide bonds. The molecule has 0 bridgehead atoms. The number of rotatable bonds is 4. The molecule has 1 fully saturated rings. The molecule has 2 nitrogen and oxygen atoms in total. The zero-order valence-electron chi connectivity index (χ0n) is 11.8. The van der Waals surface area contributed by atoms with E-state index < -0.39 is 5.60 Å². The van der Waals surface area contributed by atoms with Gasteiger partial charge in [0.15, 0.2) is 0 Å². The average molecular weight is 247 g/mol. The van der Waals surface area contributed by atoms with Gasteiger partial charge in [-0.1, -0.05) is 31.0 Å². The monoisotopic (exact) mass is 247 g/mol. The van der Waals surface area contributed by atoms with E-state index in [1.54, 1.807) is 0 Å². The van der Waals surface area contributed by atoms with Crippen LogP contribution in [0.5, 0.6) is 0 Å². The molecule has 0 saturated heterocycles. The zero-order valence-corrected chi connectivity index (χ0v) is 11.8. The number of benzene rings is 1. The second kappa shape index (κ2) is 5.41. The van der Waals surface area contributed by atoms with E-state index in [2.05, 4.69) is 31.3 Å². The van der Waals surface area contributed by atoms with E-state index in [1.165, 1.54) is 36.8 Å². The lowest BCUT2D eigenvalue weighted by atomic mass is 9.92. The van der Waals surface area contributed by atoms with Crippen LogP contribution in [0.15, 0.2) is 18.2 Å². The van der Waals surface area contributed by atoms with Crippen molar-refractivity contribution in [2.45, 2.75) is 58.1 Å². The fourth-order valence-corrected chi connectivity index (χ4v) is 2.65. The highest BCUT2D eigenvalue weighted by Crippen LogP contribution is 2.24. The summed E-state index contributed by atoms with van der Waals surface area (Å²) in [7, 11) is 0. The van der Waals surface area contributed by atoms with Crippen LogP contribution in [0.1, 0.15) is 49.3 Å². The van der Waals surface area contributed by atoms with Crippen LogP contribution in [0.2, 0.25) is 0 Å². The summed E-state index contributed by atoms with van der Waals surface area (Å²) in [6, 6.07) is 6.84. The predicted molar refractivity (Wildman–Crippen MR) is 75.7 cm³/mol. The minimum Gasteiger partial charge on any atom is -0.384 e. The summed E-state index contributed by atoms with van der Waals surface area (Å²) in [5.74, 6) is 0. The number of aryl methyl sites for hydroxylation is 2. The summed E-state index contributed by atoms with van der Waals surface area (Å²) in [4.78, 5) is 0. The summed E-state index contributed by atoms with van der Waals surface area (Å²) < 4.78 is 0. The van der Waals surface area contributed by atoms with Gasteiger partial charge in [-0.2, -0.15) is 0 Å². The van der Waals surface area contributed by atoms with Gasteiger partial charge >= 0.3 is 0 Å². The van der Waals surface area contributed by atoms with Gasteiger partial charge in [-0.3, -0.25) is 0 Å². The Labute approximate surface area is 110 Å². The molecular formula is C16H25NO. The molecule has 1 aromatic carbocycles. The first-order valence-corrected chi connectivity index (χ1v) is 7.02. The van der Waals surface area contributed by atoms with Gasteiger partial charge in [-0.15, -0.1) is 0 Å². The Balaban J connectivity index is 2.01. The summed E-state index contributed by atoms with van der Waals surface area (Å²) >= 11 is 0. The van der Waals surface area contributed by atoms with Crippen LogP contribution in [0.3, 0.4) is 0 Å². The van der Waals surface area contributed by atoms with Crippen LogP contribution in [-0.4, -0.2) is 17.7 Å².